The largest absolute Gasteiger partial charge is 0.468 e. The van der Waals surface area contributed by atoms with Gasteiger partial charge in [0.15, 0.2) is 4.80 Å². The van der Waals surface area contributed by atoms with E-state index in [4.69, 9.17) is 9.47 Å². The number of rotatable bonds is 6. The molecule has 4 aromatic rings. The first kappa shape index (κ1) is 23.1. The van der Waals surface area contributed by atoms with E-state index in [2.05, 4.69) is 4.99 Å². The molecule has 0 saturated heterocycles. The monoisotopic (exact) mass is 474 g/mol. The fourth-order valence-electron chi connectivity index (χ4n) is 3.43. The van der Waals surface area contributed by atoms with Gasteiger partial charge in [0.2, 0.25) is 0 Å². The van der Waals surface area contributed by atoms with Crippen LogP contribution in [0.1, 0.15) is 27.6 Å². The van der Waals surface area contributed by atoms with E-state index in [-0.39, 0.29) is 13.2 Å². The Hall–Kier alpha value is -4.04. The number of hydrogen-bond donors (Lipinski definition) is 0. The number of nitrogens with zero attached hydrogens (tertiary/aromatic N) is 2. The van der Waals surface area contributed by atoms with Gasteiger partial charge in [-0.25, -0.2) is 4.79 Å². The molecular weight excluding hydrogens is 452 g/mol. The predicted octanol–water partition coefficient (Wildman–Crippen LogP) is 4.46. The van der Waals surface area contributed by atoms with E-state index < -0.39 is 17.8 Å². The van der Waals surface area contributed by atoms with Gasteiger partial charge in [-0.3, -0.25) is 9.59 Å². The molecule has 1 aromatic heterocycles. The number of carbonyl (C=O) groups excluding carboxylic acids is 3. The first-order valence-electron chi connectivity index (χ1n) is 10.6. The molecular formula is C26H22N2O5S. The molecule has 34 heavy (non-hydrogen) atoms. The van der Waals surface area contributed by atoms with Crippen LogP contribution in [0.25, 0.3) is 21.3 Å². The maximum Gasteiger partial charge on any atom is 0.338 e. The molecule has 8 heteroatoms. The van der Waals surface area contributed by atoms with Crippen molar-refractivity contribution in [2.75, 3.05) is 13.7 Å². The van der Waals surface area contributed by atoms with E-state index in [9.17, 15) is 14.4 Å². The summed E-state index contributed by atoms with van der Waals surface area (Å²) in [5.74, 6) is -1.35. The average molecular weight is 475 g/mol. The summed E-state index contributed by atoms with van der Waals surface area (Å²) in [6.07, 6.45) is 0. The molecule has 0 aliphatic heterocycles. The van der Waals surface area contributed by atoms with Crippen molar-refractivity contribution < 1.29 is 23.9 Å². The molecule has 1 amide bonds. The van der Waals surface area contributed by atoms with Crippen LogP contribution in [0.15, 0.2) is 77.8 Å². The summed E-state index contributed by atoms with van der Waals surface area (Å²) in [6, 6.07) is 22.1. The van der Waals surface area contributed by atoms with Gasteiger partial charge in [-0.15, -0.1) is 0 Å². The number of benzene rings is 3. The van der Waals surface area contributed by atoms with Crippen LogP contribution >= 0.6 is 11.3 Å². The highest BCUT2D eigenvalue weighted by atomic mass is 32.1. The molecule has 172 valence electrons. The van der Waals surface area contributed by atoms with Crippen LogP contribution in [-0.4, -0.2) is 36.1 Å². The summed E-state index contributed by atoms with van der Waals surface area (Å²) in [4.78, 5) is 41.7. The van der Waals surface area contributed by atoms with Gasteiger partial charge in [-0.05, 0) is 48.4 Å². The second-order valence-corrected chi connectivity index (χ2v) is 8.32. The Morgan fingerprint density at radius 2 is 1.59 bits per heavy atom. The third-order valence-electron chi connectivity index (χ3n) is 5.14. The molecule has 0 spiro atoms. The van der Waals surface area contributed by atoms with E-state index in [1.165, 1.54) is 18.4 Å². The number of methoxy groups -OCH3 is 1. The van der Waals surface area contributed by atoms with E-state index >= 15 is 0 Å². The first-order chi connectivity index (χ1) is 16.5. The van der Waals surface area contributed by atoms with Gasteiger partial charge in [-0.2, -0.15) is 4.99 Å². The Kier molecular flexibility index (Phi) is 6.98. The Morgan fingerprint density at radius 1 is 0.912 bits per heavy atom. The highest BCUT2D eigenvalue weighted by Crippen LogP contribution is 2.21. The van der Waals surface area contributed by atoms with E-state index in [1.807, 2.05) is 42.5 Å². The lowest BCUT2D eigenvalue weighted by molar-refractivity contribution is -0.141. The van der Waals surface area contributed by atoms with Gasteiger partial charge >= 0.3 is 11.9 Å². The number of hydrogen-bond acceptors (Lipinski definition) is 6. The summed E-state index contributed by atoms with van der Waals surface area (Å²) in [7, 11) is 1.30. The van der Waals surface area contributed by atoms with E-state index in [0.717, 1.165) is 11.1 Å². The average Bonchev–Trinajstić information content (AvgIpc) is 3.20. The van der Waals surface area contributed by atoms with Gasteiger partial charge in [0.05, 0.1) is 29.5 Å². The minimum atomic E-state index is -0.477. The zero-order valence-electron chi connectivity index (χ0n) is 18.7. The van der Waals surface area contributed by atoms with E-state index in [0.29, 0.717) is 26.1 Å². The van der Waals surface area contributed by atoms with Gasteiger partial charge in [-0.1, -0.05) is 53.8 Å². The van der Waals surface area contributed by atoms with Crippen LogP contribution in [0, 0.1) is 0 Å². The summed E-state index contributed by atoms with van der Waals surface area (Å²) in [5.41, 5.74) is 3.51. The van der Waals surface area contributed by atoms with Crippen molar-refractivity contribution in [2.24, 2.45) is 4.99 Å². The zero-order chi connectivity index (χ0) is 24.1. The number of thiazole rings is 1. The molecule has 0 saturated carbocycles. The number of fused-ring (bicyclic) bond motifs is 1. The third-order valence-corrected chi connectivity index (χ3v) is 6.19. The summed E-state index contributed by atoms with van der Waals surface area (Å²) in [6.45, 7) is 1.89. The molecule has 0 aliphatic rings. The highest BCUT2D eigenvalue weighted by molar-refractivity contribution is 7.16. The van der Waals surface area contributed by atoms with Crippen LogP contribution in [-0.2, 0) is 20.8 Å². The van der Waals surface area contributed by atoms with Crippen molar-refractivity contribution in [3.05, 3.63) is 88.7 Å². The molecule has 0 N–H and O–H groups in total. The lowest BCUT2D eigenvalue weighted by atomic mass is 10.0. The van der Waals surface area contributed by atoms with Crippen molar-refractivity contribution in [1.82, 2.24) is 4.57 Å². The fourth-order valence-corrected chi connectivity index (χ4v) is 4.50. The van der Waals surface area contributed by atoms with Gasteiger partial charge < -0.3 is 14.0 Å². The number of ether oxygens (including phenoxy) is 2. The molecule has 4 rings (SSSR count). The maximum atomic E-state index is 12.9. The van der Waals surface area contributed by atoms with Gasteiger partial charge in [0.25, 0.3) is 5.91 Å². The van der Waals surface area contributed by atoms with E-state index in [1.54, 1.807) is 41.8 Å². The van der Waals surface area contributed by atoms with Crippen LogP contribution in [0.4, 0.5) is 0 Å². The Bertz CT molecular complexity index is 1420. The molecule has 7 nitrogen and oxygen atoms in total. The molecule has 0 bridgehead atoms. The van der Waals surface area contributed by atoms with Crippen LogP contribution < -0.4 is 4.80 Å². The number of amides is 1. The van der Waals surface area contributed by atoms with Gasteiger partial charge in [0, 0.05) is 5.56 Å². The fraction of sp³-hybridized carbons (Fsp3) is 0.154. The number of esters is 2. The highest BCUT2D eigenvalue weighted by Gasteiger charge is 2.15. The second kappa shape index (κ2) is 10.3. The Morgan fingerprint density at radius 3 is 2.26 bits per heavy atom. The van der Waals surface area contributed by atoms with Crippen molar-refractivity contribution in [3.63, 3.8) is 0 Å². The SMILES string of the molecule is CCOC(=O)c1ccc2c(c1)sc(=NC(=O)c1ccc(-c3ccccc3)cc1)n2CC(=O)OC. The standard InChI is InChI=1S/C26H22N2O5S/c1-3-33-25(31)20-13-14-21-22(15-20)34-26(28(21)16-23(29)32-2)27-24(30)19-11-9-18(10-12-19)17-7-5-4-6-8-17/h4-15H,3,16H2,1-2H3. The third kappa shape index (κ3) is 4.97. The molecule has 0 atom stereocenters. The van der Waals surface area contributed by atoms with Gasteiger partial charge in [0.1, 0.15) is 6.54 Å². The van der Waals surface area contributed by atoms with Crippen LogP contribution in [0.2, 0.25) is 0 Å². The molecule has 0 unspecified atom stereocenters. The number of aromatic nitrogens is 1. The first-order valence-corrected chi connectivity index (χ1v) is 11.4. The summed E-state index contributed by atoms with van der Waals surface area (Å²) < 4.78 is 12.2. The minimum absolute atomic E-state index is 0.117. The topological polar surface area (TPSA) is 87.0 Å². The zero-order valence-corrected chi connectivity index (χ0v) is 19.5. The predicted molar refractivity (Wildman–Crippen MR) is 130 cm³/mol. The van der Waals surface area contributed by atoms with Crippen LogP contribution in [0.3, 0.4) is 0 Å². The molecule has 1 heterocycles. The molecule has 3 aromatic carbocycles. The molecule has 0 fully saturated rings. The smallest absolute Gasteiger partial charge is 0.338 e. The second-order valence-electron chi connectivity index (χ2n) is 7.31. The number of carbonyl (C=O) groups is 3. The van der Waals surface area contributed by atoms with Crippen molar-refractivity contribution in [3.8, 4) is 11.1 Å². The van der Waals surface area contributed by atoms with Crippen molar-refractivity contribution in [1.29, 1.82) is 0 Å². The van der Waals surface area contributed by atoms with Crippen molar-refractivity contribution >= 4 is 39.4 Å². The Labute approximate surface area is 199 Å². The minimum Gasteiger partial charge on any atom is -0.468 e. The lowest BCUT2D eigenvalue weighted by Crippen LogP contribution is -2.22. The Balaban J connectivity index is 1.72. The molecule has 0 aliphatic carbocycles. The molecule has 0 radical (unpaired) electrons. The maximum absolute atomic E-state index is 12.9. The summed E-state index contributed by atoms with van der Waals surface area (Å²) >= 11 is 1.21. The quantitative estimate of drug-likeness (QED) is 0.385. The van der Waals surface area contributed by atoms with Crippen LogP contribution in [0.5, 0.6) is 0 Å². The summed E-state index contributed by atoms with van der Waals surface area (Å²) in [5, 5.41) is 0. The lowest BCUT2D eigenvalue weighted by Gasteiger charge is -2.05. The van der Waals surface area contributed by atoms with Crippen molar-refractivity contribution in [2.45, 2.75) is 13.5 Å². The normalized spacial score (nSPS) is 11.4.